The van der Waals surface area contributed by atoms with Gasteiger partial charge in [0.25, 0.3) is 0 Å². The van der Waals surface area contributed by atoms with Gasteiger partial charge < -0.3 is 10.5 Å². The van der Waals surface area contributed by atoms with E-state index >= 15 is 0 Å². The average molecular weight is 347 g/mol. The van der Waals surface area contributed by atoms with Crippen LogP contribution in [0.1, 0.15) is 31.6 Å². The summed E-state index contributed by atoms with van der Waals surface area (Å²) in [5.74, 6) is 0. The summed E-state index contributed by atoms with van der Waals surface area (Å²) in [6.07, 6.45) is 2.00. The van der Waals surface area contributed by atoms with E-state index in [1.165, 1.54) is 4.88 Å². The number of likely N-dealkylation sites (N-methyl/N-ethyl adjacent to an activating group) is 1. The molecule has 0 spiro atoms. The Hall–Kier alpha value is 0.0600. The Kier molecular flexibility index (Phi) is 4.73. The fourth-order valence-corrected chi connectivity index (χ4v) is 4.45. The van der Waals surface area contributed by atoms with Crippen LogP contribution in [0.15, 0.2) is 15.9 Å². The van der Waals surface area contributed by atoms with Gasteiger partial charge >= 0.3 is 0 Å². The maximum Gasteiger partial charge on any atom is 0.0644 e. The van der Waals surface area contributed by atoms with Crippen molar-refractivity contribution >= 4 is 27.3 Å². The lowest BCUT2D eigenvalue weighted by molar-refractivity contribution is -0.114. The van der Waals surface area contributed by atoms with E-state index in [2.05, 4.69) is 53.2 Å². The second-order valence-electron chi connectivity index (χ2n) is 6.05. The van der Waals surface area contributed by atoms with Crippen LogP contribution in [0, 0.1) is 0 Å². The molecule has 0 aromatic carbocycles. The summed E-state index contributed by atoms with van der Waals surface area (Å²) in [5.41, 5.74) is 6.09. The highest BCUT2D eigenvalue weighted by Crippen LogP contribution is 2.36. The molecule has 1 fully saturated rings. The van der Waals surface area contributed by atoms with Gasteiger partial charge in [-0.15, -0.1) is 11.3 Å². The van der Waals surface area contributed by atoms with E-state index in [-0.39, 0.29) is 11.1 Å². The summed E-state index contributed by atoms with van der Waals surface area (Å²) >= 11 is 5.30. The number of nitrogens with zero attached hydrogens (tertiary/aromatic N) is 1. The van der Waals surface area contributed by atoms with Crippen molar-refractivity contribution in [1.29, 1.82) is 0 Å². The first-order chi connectivity index (χ1) is 8.87. The molecule has 2 rings (SSSR count). The van der Waals surface area contributed by atoms with Crippen LogP contribution in [0.5, 0.6) is 0 Å². The summed E-state index contributed by atoms with van der Waals surface area (Å²) in [4.78, 5) is 3.78. The Morgan fingerprint density at radius 2 is 2.26 bits per heavy atom. The standard InChI is InChI=1S/C14H23BrN2OS/c1-13(2)9-14(10-16,4-5-18-13)17(3)7-12-6-11(15)8-19-12/h6,8H,4-5,7,9-10,16H2,1-3H3. The smallest absolute Gasteiger partial charge is 0.0644 e. The van der Waals surface area contributed by atoms with Crippen LogP contribution in [-0.4, -0.2) is 36.2 Å². The van der Waals surface area contributed by atoms with Gasteiger partial charge in [0.15, 0.2) is 0 Å². The van der Waals surface area contributed by atoms with Crippen LogP contribution in [0.25, 0.3) is 0 Å². The molecule has 108 valence electrons. The number of hydrogen-bond donors (Lipinski definition) is 1. The van der Waals surface area contributed by atoms with Crippen molar-refractivity contribution in [2.75, 3.05) is 20.2 Å². The second kappa shape index (κ2) is 5.82. The van der Waals surface area contributed by atoms with Gasteiger partial charge in [0.1, 0.15) is 0 Å². The molecule has 1 aliphatic heterocycles. The molecule has 1 aliphatic rings. The van der Waals surface area contributed by atoms with E-state index in [4.69, 9.17) is 10.5 Å². The number of rotatable bonds is 4. The van der Waals surface area contributed by atoms with E-state index in [0.29, 0.717) is 6.54 Å². The number of thiophene rings is 1. The number of nitrogens with two attached hydrogens (primary N) is 1. The third kappa shape index (κ3) is 3.58. The average Bonchev–Trinajstić information content (AvgIpc) is 2.73. The Morgan fingerprint density at radius 3 is 2.79 bits per heavy atom. The topological polar surface area (TPSA) is 38.5 Å². The minimum Gasteiger partial charge on any atom is -0.375 e. The predicted octanol–water partition coefficient (Wildman–Crippen LogP) is 3.23. The first-order valence-corrected chi connectivity index (χ1v) is 8.32. The van der Waals surface area contributed by atoms with Crippen LogP contribution in [-0.2, 0) is 11.3 Å². The van der Waals surface area contributed by atoms with Gasteiger partial charge in [-0.1, -0.05) is 0 Å². The molecule has 0 saturated carbocycles. The summed E-state index contributed by atoms with van der Waals surface area (Å²) < 4.78 is 7.00. The molecule has 1 aromatic heterocycles. The van der Waals surface area contributed by atoms with Crippen LogP contribution in [0.2, 0.25) is 0 Å². The Morgan fingerprint density at radius 1 is 1.53 bits per heavy atom. The van der Waals surface area contributed by atoms with Crippen LogP contribution < -0.4 is 5.73 Å². The molecule has 2 heterocycles. The van der Waals surface area contributed by atoms with E-state index in [1.807, 2.05) is 0 Å². The zero-order valence-corrected chi connectivity index (χ0v) is 14.3. The maximum absolute atomic E-state index is 6.12. The van der Waals surface area contributed by atoms with E-state index < -0.39 is 0 Å². The maximum atomic E-state index is 6.12. The molecule has 3 nitrogen and oxygen atoms in total. The minimum absolute atomic E-state index is 0.0538. The molecule has 2 N–H and O–H groups in total. The summed E-state index contributed by atoms with van der Waals surface area (Å²) in [6.45, 7) is 6.74. The summed E-state index contributed by atoms with van der Waals surface area (Å²) in [6, 6.07) is 2.19. The third-order valence-electron chi connectivity index (χ3n) is 4.02. The van der Waals surface area contributed by atoms with Crippen molar-refractivity contribution in [1.82, 2.24) is 4.90 Å². The lowest BCUT2D eigenvalue weighted by Gasteiger charge is -2.49. The van der Waals surface area contributed by atoms with Crippen molar-refractivity contribution < 1.29 is 4.74 Å². The highest BCUT2D eigenvalue weighted by molar-refractivity contribution is 9.10. The molecule has 1 aromatic rings. The van der Waals surface area contributed by atoms with Gasteiger partial charge in [-0.3, -0.25) is 4.90 Å². The molecular weight excluding hydrogens is 324 g/mol. The number of halogens is 1. The monoisotopic (exact) mass is 346 g/mol. The zero-order valence-electron chi connectivity index (χ0n) is 11.9. The highest BCUT2D eigenvalue weighted by atomic mass is 79.9. The van der Waals surface area contributed by atoms with Gasteiger partial charge in [0.2, 0.25) is 0 Å². The Bertz CT molecular complexity index is 435. The van der Waals surface area contributed by atoms with Crippen molar-refractivity contribution in [3.63, 3.8) is 0 Å². The van der Waals surface area contributed by atoms with Crippen LogP contribution in [0.4, 0.5) is 0 Å². The molecule has 5 heteroatoms. The molecular formula is C14H23BrN2OS. The fraction of sp³-hybridized carbons (Fsp3) is 0.714. The molecule has 0 aliphatic carbocycles. The normalized spacial score (nSPS) is 26.8. The third-order valence-corrected chi connectivity index (χ3v) is 5.70. The van der Waals surface area contributed by atoms with E-state index in [9.17, 15) is 0 Å². The lowest BCUT2D eigenvalue weighted by atomic mass is 9.80. The van der Waals surface area contributed by atoms with E-state index in [0.717, 1.165) is 30.5 Å². The fourth-order valence-electron chi connectivity index (χ4n) is 2.94. The molecule has 1 saturated heterocycles. The van der Waals surface area contributed by atoms with Crippen molar-refractivity contribution in [2.45, 2.75) is 44.4 Å². The summed E-state index contributed by atoms with van der Waals surface area (Å²) in [7, 11) is 2.18. The highest BCUT2D eigenvalue weighted by Gasteiger charge is 2.42. The molecule has 0 radical (unpaired) electrons. The van der Waals surface area contributed by atoms with Crippen molar-refractivity contribution in [3.05, 3.63) is 20.8 Å². The van der Waals surface area contributed by atoms with Gasteiger partial charge in [0, 0.05) is 40.0 Å². The van der Waals surface area contributed by atoms with E-state index in [1.54, 1.807) is 11.3 Å². The number of hydrogen-bond acceptors (Lipinski definition) is 4. The van der Waals surface area contributed by atoms with Gasteiger partial charge in [-0.2, -0.15) is 0 Å². The van der Waals surface area contributed by atoms with Crippen molar-refractivity contribution in [2.24, 2.45) is 5.73 Å². The number of ether oxygens (including phenoxy) is 1. The van der Waals surface area contributed by atoms with Gasteiger partial charge in [-0.25, -0.2) is 0 Å². The minimum atomic E-state index is -0.0814. The first kappa shape index (κ1) is 15.4. The molecule has 0 bridgehead atoms. The zero-order chi connectivity index (χ0) is 14.1. The molecule has 1 unspecified atom stereocenters. The molecule has 1 atom stereocenters. The largest absolute Gasteiger partial charge is 0.375 e. The Balaban J connectivity index is 2.11. The van der Waals surface area contributed by atoms with Crippen molar-refractivity contribution in [3.8, 4) is 0 Å². The molecule has 0 amide bonds. The predicted molar refractivity (Wildman–Crippen MR) is 84.5 cm³/mol. The van der Waals surface area contributed by atoms with Gasteiger partial charge in [-0.05, 0) is 55.7 Å². The second-order valence-corrected chi connectivity index (χ2v) is 7.96. The molecule has 19 heavy (non-hydrogen) atoms. The van der Waals surface area contributed by atoms with Crippen LogP contribution in [0.3, 0.4) is 0 Å². The van der Waals surface area contributed by atoms with Crippen LogP contribution >= 0.6 is 27.3 Å². The lowest BCUT2D eigenvalue weighted by Crippen LogP contribution is -2.59. The SMILES string of the molecule is CN(Cc1cc(Br)cs1)C1(CN)CCOC(C)(C)C1. The summed E-state index contributed by atoms with van der Waals surface area (Å²) in [5, 5.41) is 2.13. The quantitative estimate of drug-likeness (QED) is 0.909. The van der Waals surface area contributed by atoms with Gasteiger partial charge in [0.05, 0.1) is 5.60 Å². The Labute approximate surface area is 128 Å². The first-order valence-electron chi connectivity index (χ1n) is 6.65.